The molecule has 6 heteroatoms. The third-order valence-electron chi connectivity index (χ3n) is 2.47. The third kappa shape index (κ3) is 1.94. The molecule has 0 fully saturated rings. The molecular weight excluding hydrogens is 226 g/mol. The largest absolute Gasteiger partial charge is 0.303 e. The van der Waals surface area contributed by atoms with Gasteiger partial charge >= 0.3 is 0 Å². The first-order valence-corrected chi connectivity index (χ1v) is 6.52. The fraction of sp³-hybridized carbons (Fsp3) is 0.300. The molecule has 0 saturated heterocycles. The van der Waals surface area contributed by atoms with Gasteiger partial charge in [0.2, 0.25) is 10.0 Å². The summed E-state index contributed by atoms with van der Waals surface area (Å²) in [6, 6.07) is 5.57. The SMILES string of the molecule is CNS(=O)(=O)Cc1c(C)nc2ccccn12. The van der Waals surface area contributed by atoms with Crippen LogP contribution in [0.2, 0.25) is 0 Å². The molecule has 2 rings (SSSR count). The summed E-state index contributed by atoms with van der Waals surface area (Å²) in [5.74, 6) is -0.0550. The monoisotopic (exact) mass is 239 g/mol. The fourth-order valence-corrected chi connectivity index (χ4v) is 2.44. The smallest absolute Gasteiger partial charge is 0.217 e. The highest BCUT2D eigenvalue weighted by Gasteiger charge is 2.15. The Kier molecular flexibility index (Phi) is 2.69. The first-order chi connectivity index (χ1) is 7.53. The zero-order valence-electron chi connectivity index (χ0n) is 9.14. The minimum absolute atomic E-state index is 0.0550. The maximum atomic E-state index is 11.5. The van der Waals surface area contributed by atoms with Crippen LogP contribution in [0.4, 0.5) is 0 Å². The van der Waals surface area contributed by atoms with Crippen molar-refractivity contribution in [2.75, 3.05) is 7.05 Å². The van der Waals surface area contributed by atoms with Crippen molar-refractivity contribution in [1.29, 1.82) is 0 Å². The highest BCUT2D eigenvalue weighted by Crippen LogP contribution is 2.13. The molecule has 2 aromatic rings. The van der Waals surface area contributed by atoms with E-state index in [9.17, 15) is 8.42 Å². The summed E-state index contributed by atoms with van der Waals surface area (Å²) in [4.78, 5) is 4.30. The van der Waals surface area contributed by atoms with Gasteiger partial charge in [-0.1, -0.05) is 6.07 Å². The first kappa shape index (κ1) is 11.1. The molecule has 2 aromatic heterocycles. The van der Waals surface area contributed by atoms with Gasteiger partial charge in [0.05, 0.1) is 11.4 Å². The van der Waals surface area contributed by atoms with E-state index in [0.29, 0.717) is 5.69 Å². The highest BCUT2D eigenvalue weighted by atomic mass is 32.2. The maximum Gasteiger partial charge on any atom is 0.217 e. The van der Waals surface area contributed by atoms with Gasteiger partial charge in [-0.25, -0.2) is 18.1 Å². The maximum absolute atomic E-state index is 11.5. The average Bonchev–Trinajstić information content (AvgIpc) is 2.56. The van der Waals surface area contributed by atoms with Crippen molar-refractivity contribution in [2.24, 2.45) is 0 Å². The van der Waals surface area contributed by atoms with Crippen molar-refractivity contribution >= 4 is 15.7 Å². The lowest BCUT2D eigenvalue weighted by Crippen LogP contribution is -2.21. The number of sulfonamides is 1. The molecule has 0 aliphatic heterocycles. The molecule has 0 aliphatic rings. The van der Waals surface area contributed by atoms with E-state index in [-0.39, 0.29) is 5.75 Å². The topological polar surface area (TPSA) is 63.5 Å². The Morgan fingerprint density at radius 2 is 2.19 bits per heavy atom. The number of aromatic nitrogens is 2. The van der Waals surface area contributed by atoms with E-state index in [0.717, 1.165) is 11.3 Å². The summed E-state index contributed by atoms with van der Waals surface area (Å²) >= 11 is 0. The molecule has 0 unspecified atom stereocenters. The lowest BCUT2D eigenvalue weighted by Gasteiger charge is -2.03. The molecule has 0 spiro atoms. The van der Waals surface area contributed by atoms with Gasteiger partial charge in [-0.2, -0.15) is 0 Å². The Labute approximate surface area is 94.2 Å². The van der Waals surface area contributed by atoms with Crippen LogP contribution in [0.15, 0.2) is 24.4 Å². The fourth-order valence-electron chi connectivity index (χ4n) is 1.59. The summed E-state index contributed by atoms with van der Waals surface area (Å²) in [7, 11) is -1.86. The lowest BCUT2D eigenvalue weighted by molar-refractivity contribution is 0.586. The Hall–Kier alpha value is -1.40. The molecule has 0 saturated carbocycles. The van der Waals surface area contributed by atoms with Crippen LogP contribution in [0.5, 0.6) is 0 Å². The molecule has 2 heterocycles. The predicted octanol–water partition coefficient (Wildman–Crippen LogP) is 0.692. The molecule has 0 bridgehead atoms. The van der Waals surface area contributed by atoms with Gasteiger partial charge in [0.1, 0.15) is 11.4 Å². The summed E-state index contributed by atoms with van der Waals surface area (Å²) < 4.78 is 27.1. The molecule has 16 heavy (non-hydrogen) atoms. The second kappa shape index (κ2) is 3.88. The van der Waals surface area contributed by atoms with E-state index < -0.39 is 10.0 Å². The van der Waals surface area contributed by atoms with Crippen LogP contribution in [0.1, 0.15) is 11.4 Å². The number of aryl methyl sites for hydroxylation is 1. The third-order valence-corrected chi connectivity index (χ3v) is 3.74. The summed E-state index contributed by atoms with van der Waals surface area (Å²) in [6.07, 6.45) is 1.82. The molecule has 0 aliphatic carbocycles. The molecule has 0 aromatic carbocycles. The molecule has 5 nitrogen and oxygen atoms in total. The average molecular weight is 239 g/mol. The summed E-state index contributed by atoms with van der Waals surface area (Å²) in [5.41, 5.74) is 2.20. The molecule has 0 atom stereocenters. The normalized spacial score (nSPS) is 12.1. The first-order valence-electron chi connectivity index (χ1n) is 4.87. The van der Waals surface area contributed by atoms with Crippen molar-refractivity contribution < 1.29 is 8.42 Å². The molecule has 0 radical (unpaired) electrons. The van der Waals surface area contributed by atoms with Crippen molar-refractivity contribution in [3.63, 3.8) is 0 Å². The van der Waals surface area contributed by atoms with Crippen LogP contribution in [0.25, 0.3) is 5.65 Å². The van der Waals surface area contributed by atoms with Gasteiger partial charge in [0.25, 0.3) is 0 Å². The highest BCUT2D eigenvalue weighted by molar-refractivity contribution is 7.88. The van der Waals surface area contributed by atoms with E-state index in [4.69, 9.17) is 0 Å². The van der Waals surface area contributed by atoms with Crippen LogP contribution >= 0.6 is 0 Å². The van der Waals surface area contributed by atoms with Crippen molar-refractivity contribution in [3.05, 3.63) is 35.8 Å². The Bertz CT molecular complexity index is 616. The van der Waals surface area contributed by atoms with Gasteiger partial charge in [-0.3, -0.25) is 0 Å². The number of nitrogens with zero attached hydrogens (tertiary/aromatic N) is 2. The van der Waals surface area contributed by atoms with E-state index in [2.05, 4.69) is 9.71 Å². The quantitative estimate of drug-likeness (QED) is 0.857. The minimum Gasteiger partial charge on any atom is -0.303 e. The van der Waals surface area contributed by atoms with Gasteiger partial charge < -0.3 is 4.40 Å². The number of fused-ring (bicyclic) bond motifs is 1. The number of hydrogen-bond acceptors (Lipinski definition) is 3. The van der Waals surface area contributed by atoms with E-state index >= 15 is 0 Å². The zero-order valence-corrected chi connectivity index (χ0v) is 9.95. The molecule has 0 amide bonds. The Balaban J connectivity index is 2.56. The van der Waals surface area contributed by atoms with E-state index in [1.165, 1.54) is 7.05 Å². The number of nitrogens with one attached hydrogen (secondary N) is 1. The van der Waals surface area contributed by atoms with Gasteiger partial charge in [0, 0.05) is 6.20 Å². The lowest BCUT2D eigenvalue weighted by atomic mass is 10.4. The zero-order chi connectivity index (χ0) is 11.8. The van der Waals surface area contributed by atoms with Crippen LogP contribution in [-0.4, -0.2) is 24.9 Å². The molecule has 1 N–H and O–H groups in total. The number of imidazole rings is 1. The van der Waals surface area contributed by atoms with Crippen molar-refractivity contribution in [2.45, 2.75) is 12.7 Å². The summed E-state index contributed by atoms with van der Waals surface area (Å²) in [6.45, 7) is 1.81. The van der Waals surface area contributed by atoms with Crippen LogP contribution in [0, 0.1) is 6.92 Å². The van der Waals surface area contributed by atoms with Gasteiger partial charge in [-0.05, 0) is 26.1 Å². The summed E-state index contributed by atoms with van der Waals surface area (Å²) in [5, 5.41) is 0. The van der Waals surface area contributed by atoms with E-state index in [1.54, 1.807) is 4.40 Å². The second-order valence-electron chi connectivity index (χ2n) is 3.54. The van der Waals surface area contributed by atoms with Crippen LogP contribution in [-0.2, 0) is 15.8 Å². The second-order valence-corrected chi connectivity index (χ2v) is 5.46. The minimum atomic E-state index is -3.27. The number of pyridine rings is 1. The number of rotatable bonds is 3. The predicted molar refractivity (Wildman–Crippen MR) is 61.6 cm³/mol. The number of hydrogen-bond donors (Lipinski definition) is 1. The van der Waals surface area contributed by atoms with Gasteiger partial charge in [-0.15, -0.1) is 0 Å². The van der Waals surface area contributed by atoms with Crippen molar-refractivity contribution in [3.8, 4) is 0 Å². The van der Waals surface area contributed by atoms with E-state index in [1.807, 2.05) is 31.3 Å². The van der Waals surface area contributed by atoms with Crippen LogP contribution < -0.4 is 4.72 Å². The Morgan fingerprint density at radius 1 is 1.44 bits per heavy atom. The van der Waals surface area contributed by atoms with Gasteiger partial charge in [0.15, 0.2) is 0 Å². The molecule has 86 valence electrons. The van der Waals surface area contributed by atoms with Crippen molar-refractivity contribution in [1.82, 2.24) is 14.1 Å². The standard InChI is InChI=1S/C10H13N3O2S/c1-8-9(7-16(14,15)11-2)13-6-4-3-5-10(13)12-8/h3-6,11H,7H2,1-2H3. The Morgan fingerprint density at radius 3 is 2.88 bits per heavy atom. The van der Waals surface area contributed by atoms with Crippen LogP contribution in [0.3, 0.4) is 0 Å². The molecular formula is C10H13N3O2S.